The maximum Gasteiger partial charge on any atom is 0.131 e. The van der Waals surface area contributed by atoms with E-state index in [9.17, 15) is 5.11 Å². The summed E-state index contributed by atoms with van der Waals surface area (Å²) in [5.41, 5.74) is 6.84. The van der Waals surface area contributed by atoms with Gasteiger partial charge >= 0.3 is 0 Å². The quantitative estimate of drug-likeness (QED) is 0.679. The maximum absolute atomic E-state index is 9.34. The standard InChI is InChI=1S/C8H11ClN2O/c1-5-2-6(7(12)3-10)4-11-8(5)9/h2,4,7,12H,3,10H2,1H3. The molecule has 3 nitrogen and oxygen atoms in total. The van der Waals surface area contributed by atoms with Crippen LogP contribution in [0.2, 0.25) is 5.15 Å². The number of nitrogens with zero attached hydrogens (tertiary/aromatic N) is 1. The zero-order chi connectivity index (χ0) is 9.14. The van der Waals surface area contributed by atoms with Crippen LogP contribution in [-0.4, -0.2) is 16.6 Å². The molecule has 66 valence electrons. The van der Waals surface area contributed by atoms with Crippen LogP contribution in [0.25, 0.3) is 0 Å². The number of aliphatic hydroxyl groups is 1. The van der Waals surface area contributed by atoms with E-state index in [1.807, 2.05) is 6.92 Å². The molecule has 0 aliphatic rings. The van der Waals surface area contributed by atoms with Crippen LogP contribution in [0.3, 0.4) is 0 Å². The van der Waals surface area contributed by atoms with Crippen molar-refractivity contribution in [1.29, 1.82) is 0 Å². The van der Waals surface area contributed by atoms with Gasteiger partial charge in [-0.15, -0.1) is 0 Å². The molecule has 0 saturated carbocycles. The first-order valence-corrected chi connectivity index (χ1v) is 4.03. The molecule has 3 N–H and O–H groups in total. The summed E-state index contributed by atoms with van der Waals surface area (Å²) in [5.74, 6) is 0. The molecule has 0 bridgehead atoms. The first kappa shape index (κ1) is 9.45. The summed E-state index contributed by atoms with van der Waals surface area (Å²) in [7, 11) is 0. The molecular weight excluding hydrogens is 176 g/mol. The zero-order valence-corrected chi connectivity index (χ0v) is 7.54. The van der Waals surface area contributed by atoms with Crippen LogP contribution in [0.1, 0.15) is 17.2 Å². The van der Waals surface area contributed by atoms with Crippen molar-refractivity contribution in [2.45, 2.75) is 13.0 Å². The van der Waals surface area contributed by atoms with E-state index < -0.39 is 6.10 Å². The van der Waals surface area contributed by atoms with Gasteiger partial charge in [-0.25, -0.2) is 4.98 Å². The van der Waals surface area contributed by atoms with Crippen LogP contribution in [0.4, 0.5) is 0 Å². The Morgan fingerprint density at radius 3 is 2.92 bits per heavy atom. The molecule has 1 rings (SSSR count). The van der Waals surface area contributed by atoms with Gasteiger partial charge in [-0.1, -0.05) is 11.6 Å². The molecule has 1 aromatic heterocycles. The minimum Gasteiger partial charge on any atom is -0.387 e. The third-order valence-electron chi connectivity index (χ3n) is 1.64. The Kier molecular flexibility index (Phi) is 3.03. The normalized spacial score (nSPS) is 13.0. The monoisotopic (exact) mass is 186 g/mol. The number of aryl methyl sites for hydroxylation is 1. The average molecular weight is 187 g/mol. The second-order valence-corrected chi connectivity index (χ2v) is 2.99. The van der Waals surface area contributed by atoms with Crippen LogP contribution in [0, 0.1) is 6.92 Å². The first-order valence-electron chi connectivity index (χ1n) is 3.65. The Morgan fingerprint density at radius 1 is 1.75 bits per heavy atom. The maximum atomic E-state index is 9.34. The minimum absolute atomic E-state index is 0.197. The second kappa shape index (κ2) is 3.85. The molecule has 0 aliphatic carbocycles. The van der Waals surface area contributed by atoms with Gasteiger partial charge in [0.15, 0.2) is 0 Å². The smallest absolute Gasteiger partial charge is 0.131 e. The number of hydrogen-bond acceptors (Lipinski definition) is 3. The first-order chi connectivity index (χ1) is 5.65. The predicted molar refractivity (Wildman–Crippen MR) is 48.0 cm³/mol. The Balaban J connectivity index is 2.96. The van der Waals surface area contributed by atoms with Gasteiger partial charge in [-0.2, -0.15) is 0 Å². The molecule has 4 heteroatoms. The molecule has 1 aromatic rings. The Labute approximate surface area is 76.2 Å². The highest BCUT2D eigenvalue weighted by molar-refractivity contribution is 6.30. The molecule has 0 saturated heterocycles. The number of pyridine rings is 1. The Bertz CT molecular complexity index is 278. The van der Waals surface area contributed by atoms with Crippen molar-refractivity contribution in [2.75, 3.05) is 6.54 Å². The van der Waals surface area contributed by atoms with E-state index in [-0.39, 0.29) is 6.54 Å². The van der Waals surface area contributed by atoms with Gasteiger partial charge < -0.3 is 10.8 Å². The lowest BCUT2D eigenvalue weighted by Crippen LogP contribution is -2.11. The van der Waals surface area contributed by atoms with Crippen LogP contribution in [0.5, 0.6) is 0 Å². The Morgan fingerprint density at radius 2 is 2.42 bits per heavy atom. The summed E-state index contributed by atoms with van der Waals surface area (Å²) < 4.78 is 0. The second-order valence-electron chi connectivity index (χ2n) is 2.63. The highest BCUT2D eigenvalue weighted by Gasteiger charge is 2.06. The fourth-order valence-corrected chi connectivity index (χ4v) is 1.00. The summed E-state index contributed by atoms with van der Waals surface area (Å²) in [6.45, 7) is 2.03. The fourth-order valence-electron chi connectivity index (χ4n) is 0.898. The van der Waals surface area contributed by atoms with Crippen molar-refractivity contribution in [2.24, 2.45) is 5.73 Å². The highest BCUT2D eigenvalue weighted by Crippen LogP contribution is 2.17. The van der Waals surface area contributed by atoms with Gasteiger partial charge in [0.1, 0.15) is 5.15 Å². The molecule has 0 spiro atoms. The van der Waals surface area contributed by atoms with Crippen molar-refractivity contribution in [3.63, 3.8) is 0 Å². The SMILES string of the molecule is Cc1cc(C(O)CN)cnc1Cl. The number of hydrogen-bond donors (Lipinski definition) is 2. The lowest BCUT2D eigenvalue weighted by atomic mass is 10.1. The van der Waals surface area contributed by atoms with Crippen molar-refractivity contribution >= 4 is 11.6 Å². The van der Waals surface area contributed by atoms with Crippen molar-refractivity contribution in [3.05, 3.63) is 28.5 Å². The van der Waals surface area contributed by atoms with Gasteiger partial charge in [0.05, 0.1) is 6.10 Å². The summed E-state index contributed by atoms with van der Waals surface area (Å²) in [4.78, 5) is 3.90. The number of rotatable bonds is 2. The summed E-state index contributed by atoms with van der Waals surface area (Å²) in [6, 6.07) is 1.78. The van der Waals surface area contributed by atoms with E-state index in [2.05, 4.69) is 4.98 Å². The molecule has 1 unspecified atom stereocenters. The summed E-state index contributed by atoms with van der Waals surface area (Å²) in [5, 5.41) is 9.80. The molecule has 1 heterocycles. The van der Waals surface area contributed by atoms with E-state index in [0.717, 1.165) is 5.56 Å². The largest absolute Gasteiger partial charge is 0.387 e. The lowest BCUT2D eigenvalue weighted by molar-refractivity contribution is 0.186. The minimum atomic E-state index is -0.645. The molecule has 0 amide bonds. The predicted octanol–water partition coefficient (Wildman–Crippen LogP) is 1.04. The summed E-state index contributed by atoms with van der Waals surface area (Å²) >= 11 is 5.70. The average Bonchev–Trinajstić information content (AvgIpc) is 2.08. The molecular formula is C8H11ClN2O. The third kappa shape index (κ3) is 1.94. The fraction of sp³-hybridized carbons (Fsp3) is 0.375. The van der Waals surface area contributed by atoms with E-state index in [1.54, 1.807) is 6.07 Å². The van der Waals surface area contributed by atoms with Crippen LogP contribution < -0.4 is 5.73 Å². The van der Waals surface area contributed by atoms with Crippen LogP contribution in [-0.2, 0) is 0 Å². The molecule has 0 aliphatic heterocycles. The van der Waals surface area contributed by atoms with Gasteiger partial charge in [0, 0.05) is 18.3 Å². The molecule has 1 atom stereocenters. The zero-order valence-electron chi connectivity index (χ0n) is 6.79. The topological polar surface area (TPSA) is 59.1 Å². The summed E-state index contributed by atoms with van der Waals surface area (Å²) in [6.07, 6.45) is 0.890. The Hall–Kier alpha value is -0.640. The number of aliphatic hydroxyl groups excluding tert-OH is 1. The molecule has 0 aromatic carbocycles. The van der Waals surface area contributed by atoms with Gasteiger partial charge in [0.25, 0.3) is 0 Å². The van der Waals surface area contributed by atoms with Crippen molar-refractivity contribution in [1.82, 2.24) is 4.98 Å². The van der Waals surface area contributed by atoms with Gasteiger partial charge in [-0.3, -0.25) is 0 Å². The van der Waals surface area contributed by atoms with E-state index in [4.69, 9.17) is 17.3 Å². The number of halogens is 1. The van der Waals surface area contributed by atoms with Crippen molar-refractivity contribution in [3.8, 4) is 0 Å². The van der Waals surface area contributed by atoms with E-state index in [0.29, 0.717) is 10.7 Å². The molecule has 0 radical (unpaired) electrons. The highest BCUT2D eigenvalue weighted by atomic mass is 35.5. The molecule has 12 heavy (non-hydrogen) atoms. The van der Waals surface area contributed by atoms with E-state index >= 15 is 0 Å². The lowest BCUT2D eigenvalue weighted by Gasteiger charge is -2.08. The van der Waals surface area contributed by atoms with Crippen LogP contribution in [0.15, 0.2) is 12.3 Å². The third-order valence-corrected chi connectivity index (χ3v) is 2.04. The number of nitrogens with two attached hydrogens (primary N) is 1. The van der Waals surface area contributed by atoms with Crippen LogP contribution >= 0.6 is 11.6 Å². The van der Waals surface area contributed by atoms with Gasteiger partial charge in [-0.05, 0) is 18.6 Å². The van der Waals surface area contributed by atoms with Crippen molar-refractivity contribution < 1.29 is 5.11 Å². The van der Waals surface area contributed by atoms with Gasteiger partial charge in [0.2, 0.25) is 0 Å². The molecule has 0 fully saturated rings. The van der Waals surface area contributed by atoms with E-state index in [1.165, 1.54) is 6.20 Å². The number of aromatic nitrogens is 1.